The Morgan fingerprint density at radius 2 is 1.69 bits per heavy atom. The lowest BCUT2D eigenvalue weighted by Crippen LogP contribution is -2.46. The van der Waals surface area contributed by atoms with Crippen molar-refractivity contribution in [3.63, 3.8) is 0 Å². The number of amides is 1. The summed E-state index contributed by atoms with van der Waals surface area (Å²) in [6.45, 7) is 12.6. The number of anilines is 1. The molecule has 0 saturated carbocycles. The average molecular weight is 494 g/mol. The van der Waals surface area contributed by atoms with Crippen LogP contribution in [-0.4, -0.2) is 35.5 Å². The Kier molecular flexibility index (Phi) is 8.00. The fraction of sp³-hybridized carbons (Fsp3) is 0.393. The summed E-state index contributed by atoms with van der Waals surface area (Å²) in [5.41, 5.74) is 4.59. The van der Waals surface area contributed by atoms with E-state index in [1.54, 1.807) is 4.90 Å². The second kappa shape index (κ2) is 10.6. The molecule has 0 fully saturated rings. The Morgan fingerprint density at radius 1 is 1.09 bits per heavy atom. The van der Waals surface area contributed by atoms with E-state index in [1.165, 1.54) is 5.56 Å². The molecule has 1 amide bonds. The number of nitrogens with zero attached hydrogens (tertiary/aromatic N) is 1. The smallest absolute Gasteiger partial charge is 0.338 e. The van der Waals surface area contributed by atoms with Gasteiger partial charge in [0.25, 0.3) is 5.91 Å². The molecule has 0 aromatic heterocycles. The molecule has 0 unspecified atom stereocenters. The molecule has 2 N–H and O–H groups in total. The maximum Gasteiger partial charge on any atom is 0.338 e. The molecule has 1 aliphatic heterocycles. The van der Waals surface area contributed by atoms with E-state index in [2.05, 4.69) is 31.4 Å². The molecule has 0 bridgehead atoms. The summed E-state index contributed by atoms with van der Waals surface area (Å²) in [6, 6.07) is 14.6. The van der Waals surface area contributed by atoms with Crippen molar-refractivity contribution in [1.29, 1.82) is 0 Å². The van der Waals surface area contributed by atoms with Crippen molar-refractivity contribution in [2.75, 3.05) is 19.0 Å². The van der Waals surface area contributed by atoms with Crippen LogP contribution in [0.25, 0.3) is 0 Å². The highest BCUT2D eigenvalue weighted by Crippen LogP contribution is 2.31. The topological polar surface area (TPSA) is 70.7 Å². The zero-order valence-electron chi connectivity index (χ0n) is 21.6. The number of benzene rings is 2. The molecular formula is C28H35N3O3S. The summed E-state index contributed by atoms with van der Waals surface area (Å²) in [4.78, 5) is 27.5. The van der Waals surface area contributed by atoms with Gasteiger partial charge in [-0.1, -0.05) is 58.9 Å². The first-order chi connectivity index (χ1) is 16.4. The van der Waals surface area contributed by atoms with Gasteiger partial charge in [-0.25, -0.2) is 4.79 Å². The number of ether oxygens (including phenoxy) is 1. The summed E-state index contributed by atoms with van der Waals surface area (Å²) in [7, 11) is 1.82. The van der Waals surface area contributed by atoms with Gasteiger partial charge < -0.3 is 20.3 Å². The highest BCUT2D eigenvalue weighted by atomic mass is 32.1. The Morgan fingerprint density at radius 3 is 2.23 bits per heavy atom. The summed E-state index contributed by atoms with van der Waals surface area (Å²) < 4.78 is 5.54. The van der Waals surface area contributed by atoms with Crippen molar-refractivity contribution in [3.8, 4) is 0 Å². The van der Waals surface area contributed by atoms with Crippen LogP contribution in [0.1, 0.15) is 69.1 Å². The minimum Gasteiger partial charge on any atom is -0.462 e. The standard InChI is InChI=1S/C28H35N3O3S/c1-17(2)16-34-26(33)23-18(3)31(7)27(35)30-24(23)19-10-14-22(15-11-19)29-25(32)20-8-12-21(13-9-20)28(4,5)6/h8-15,17,24H,16H2,1-7H3,(H,29,32)(H,30,35)/t24-/m0/s1. The Bertz CT molecular complexity index is 1130. The number of carbonyl (C=O) groups excluding carboxylic acids is 2. The van der Waals surface area contributed by atoms with Crippen molar-refractivity contribution in [3.05, 3.63) is 76.5 Å². The van der Waals surface area contributed by atoms with Crippen LogP contribution in [-0.2, 0) is 14.9 Å². The largest absolute Gasteiger partial charge is 0.462 e. The van der Waals surface area contributed by atoms with E-state index in [0.29, 0.717) is 28.5 Å². The van der Waals surface area contributed by atoms with Gasteiger partial charge in [0.15, 0.2) is 5.11 Å². The van der Waals surface area contributed by atoms with Crippen LogP contribution in [0.3, 0.4) is 0 Å². The van der Waals surface area contributed by atoms with Crippen LogP contribution in [0.15, 0.2) is 59.8 Å². The SMILES string of the molecule is CC1=C(C(=O)OCC(C)C)[C@H](c2ccc(NC(=O)c3ccc(C(C)(C)C)cc3)cc2)NC(=S)N1C. The van der Waals surface area contributed by atoms with Crippen molar-refractivity contribution in [2.45, 2.75) is 53.0 Å². The van der Waals surface area contributed by atoms with Gasteiger partial charge in [-0.15, -0.1) is 0 Å². The first-order valence-corrected chi connectivity index (χ1v) is 12.2. The molecule has 1 atom stereocenters. The highest BCUT2D eigenvalue weighted by molar-refractivity contribution is 7.80. The van der Waals surface area contributed by atoms with E-state index in [0.717, 1.165) is 11.3 Å². The Labute approximate surface area is 213 Å². The third kappa shape index (κ3) is 6.28. The number of hydrogen-bond donors (Lipinski definition) is 2. The molecule has 7 heteroatoms. The van der Waals surface area contributed by atoms with Gasteiger partial charge >= 0.3 is 5.97 Å². The second-order valence-corrected chi connectivity index (χ2v) is 10.7. The Balaban J connectivity index is 1.79. The fourth-order valence-electron chi connectivity index (χ4n) is 3.75. The van der Waals surface area contributed by atoms with Gasteiger partial charge in [0.05, 0.1) is 18.2 Å². The van der Waals surface area contributed by atoms with Gasteiger partial charge in [-0.3, -0.25) is 4.79 Å². The Hall–Kier alpha value is -3.19. The van der Waals surface area contributed by atoms with Crippen molar-refractivity contribution < 1.29 is 14.3 Å². The summed E-state index contributed by atoms with van der Waals surface area (Å²) >= 11 is 5.47. The normalized spacial score (nSPS) is 16.3. The minimum absolute atomic E-state index is 0.0297. The first-order valence-electron chi connectivity index (χ1n) is 11.8. The van der Waals surface area contributed by atoms with Crippen LogP contribution < -0.4 is 10.6 Å². The van der Waals surface area contributed by atoms with Crippen LogP contribution in [0.4, 0.5) is 5.69 Å². The number of nitrogens with one attached hydrogen (secondary N) is 2. The quantitative estimate of drug-likeness (QED) is 0.405. The van der Waals surface area contributed by atoms with Crippen molar-refractivity contribution in [2.24, 2.45) is 5.92 Å². The van der Waals surface area contributed by atoms with E-state index in [9.17, 15) is 9.59 Å². The third-order valence-electron chi connectivity index (χ3n) is 6.04. The molecule has 1 aliphatic rings. The zero-order chi connectivity index (χ0) is 25.9. The lowest BCUT2D eigenvalue weighted by molar-refractivity contribution is -0.140. The zero-order valence-corrected chi connectivity index (χ0v) is 22.4. The van der Waals surface area contributed by atoms with Crippen molar-refractivity contribution >= 4 is 34.9 Å². The molecule has 0 radical (unpaired) electrons. The second-order valence-electron chi connectivity index (χ2n) is 10.3. The monoisotopic (exact) mass is 493 g/mol. The molecule has 6 nitrogen and oxygen atoms in total. The molecule has 1 heterocycles. The molecule has 2 aromatic rings. The average Bonchev–Trinajstić information content (AvgIpc) is 2.80. The molecule has 0 saturated heterocycles. The summed E-state index contributed by atoms with van der Waals surface area (Å²) in [6.07, 6.45) is 0. The maximum atomic E-state index is 13.0. The molecule has 0 spiro atoms. The predicted molar refractivity (Wildman–Crippen MR) is 144 cm³/mol. The number of thiocarbonyl (C=S) groups is 1. The summed E-state index contributed by atoms with van der Waals surface area (Å²) in [5.74, 6) is -0.300. The van der Waals surface area contributed by atoms with Gasteiger partial charge in [-0.05, 0) is 65.9 Å². The number of allylic oxidation sites excluding steroid dienone is 1. The molecule has 2 aromatic carbocycles. The third-order valence-corrected chi connectivity index (χ3v) is 6.43. The number of carbonyl (C=O) groups is 2. The van der Waals surface area contributed by atoms with E-state index < -0.39 is 6.04 Å². The van der Waals surface area contributed by atoms with Gasteiger partial charge in [0, 0.05) is 24.0 Å². The molecule has 3 rings (SSSR count). The van der Waals surface area contributed by atoms with E-state index in [-0.39, 0.29) is 23.2 Å². The molecule has 186 valence electrons. The number of esters is 1. The minimum atomic E-state index is -0.437. The molecular weight excluding hydrogens is 458 g/mol. The number of rotatable bonds is 6. The van der Waals surface area contributed by atoms with E-state index in [4.69, 9.17) is 17.0 Å². The van der Waals surface area contributed by atoms with E-state index >= 15 is 0 Å². The van der Waals surface area contributed by atoms with Gasteiger partial charge in [0.2, 0.25) is 0 Å². The van der Waals surface area contributed by atoms with Crippen LogP contribution >= 0.6 is 12.2 Å². The molecule has 35 heavy (non-hydrogen) atoms. The van der Waals surface area contributed by atoms with Gasteiger partial charge in [0.1, 0.15) is 0 Å². The highest BCUT2D eigenvalue weighted by Gasteiger charge is 2.33. The van der Waals surface area contributed by atoms with E-state index in [1.807, 2.05) is 76.3 Å². The van der Waals surface area contributed by atoms with Crippen molar-refractivity contribution in [1.82, 2.24) is 10.2 Å². The fourth-order valence-corrected chi connectivity index (χ4v) is 4.01. The first kappa shape index (κ1) is 26.4. The maximum absolute atomic E-state index is 13.0. The summed E-state index contributed by atoms with van der Waals surface area (Å²) in [5, 5.41) is 6.72. The predicted octanol–water partition coefficient (Wildman–Crippen LogP) is 5.57. The number of hydrogen-bond acceptors (Lipinski definition) is 4. The molecule has 0 aliphatic carbocycles. The van der Waals surface area contributed by atoms with Crippen LogP contribution in [0.5, 0.6) is 0 Å². The van der Waals surface area contributed by atoms with Crippen LogP contribution in [0, 0.1) is 5.92 Å². The lowest BCUT2D eigenvalue weighted by atomic mass is 9.87. The van der Waals surface area contributed by atoms with Gasteiger partial charge in [-0.2, -0.15) is 0 Å². The van der Waals surface area contributed by atoms with Crippen LogP contribution in [0.2, 0.25) is 0 Å². The lowest BCUT2D eigenvalue weighted by Gasteiger charge is -2.35.